The average Bonchev–Trinajstić information content (AvgIpc) is 3.21. The van der Waals surface area contributed by atoms with Gasteiger partial charge in [-0.25, -0.2) is 0 Å². The Kier molecular flexibility index (Phi) is 1.96. The molecule has 4 fully saturated rings. The molecule has 2 nitrogen and oxygen atoms in total. The highest BCUT2D eigenvalue weighted by molar-refractivity contribution is 5.25. The summed E-state index contributed by atoms with van der Waals surface area (Å²) in [7, 11) is 0. The van der Waals surface area contributed by atoms with Crippen molar-refractivity contribution in [2.45, 2.75) is 88.6 Å². The first-order chi connectivity index (χ1) is 8.12. The molecule has 96 valence electrons. The highest BCUT2D eigenvalue weighted by atomic mass is 16.6. The minimum atomic E-state index is 0.178. The van der Waals surface area contributed by atoms with Crippen LogP contribution in [0.2, 0.25) is 0 Å². The van der Waals surface area contributed by atoms with E-state index < -0.39 is 0 Å². The van der Waals surface area contributed by atoms with Crippen LogP contribution in [-0.2, 0) is 9.47 Å². The second-order valence-electron chi connectivity index (χ2n) is 7.11. The van der Waals surface area contributed by atoms with Gasteiger partial charge >= 0.3 is 0 Å². The minimum Gasteiger partial charge on any atom is -0.365 e. The molecular weight excluding hydrogens is 212 g/mol. The molecule has 17 heavy (non-hydrogen) atoms. The monoisotopic (exact) mass is 236 g/mol. The molecule has 0 amide bonds. The Morgan fingerprint density at radius 2 is 1.29 bits per heavy atom. The third kappa shape index (κ3) is 1.14. The van der Waals surface area contributed by atoms with E-state index in [0.29, 0.717) is 12.2 Å². The van der Waals surface area contributed by atoms with Crippen LogP contribution >= 0.6 is 0 Å². The van der Waals surface area contributed by atoms with Gasteiger partial charge in [-0.2, -0.15) is 0 Å². The molecule has 0 aromatic rings. The van der Waals surface area contributed by atoms with E-state index in [1.54, 1.807) is 0 Å². The zero-order valence-corrected chi connectivity index (χ0v) is 11.1. The van der Waals surface area contributed by atoms with Gasteiger partial charge in [0.15, 0.2) is 0 Å². The van der Waals surface area contributed by atoms with Gasteiger partial charge in [0.2, 0.25) is 0 Å². The summed E-state index contributed by atoms with van der Waals surface area (Å²) in [5.74, 6) is 0. The van der Waals surface area contributed by atoms with E-state index in [9.17, 15) is 0 Å². The normalized spacial score (nSPS) is 52.6. The molecule has 4 unspecified atom stereocenters. The minimum absolute atomic E-state index is 0.178. The van der Waals surface area contributed by atoms with E-state index in [0.717, 1.165) is 0 Å². The third-order valence-electron chi connectivity index (χ3n) is 6.28. The van der Waals surface area contributed by atoms with Crippen molar-refractivity contribution in [1.82, 2.24) is 0 Å². The number of hydrogen-bond acceptors (Lipinski definition) is 2. The number of rotatable bonds is 2. The van der Waals surface area contributed by atoms with Crippen molar-refractivity contribution in [3.05, 3.63) is 0 Å². The van der Waals surface area contributed by atoms with Crippen LogP contribution in [-0.4, -0.2) is 23.4 Å². The molecule has 2 aliphatic heterocycles. The molecule has 0 spiro atoms. The van der Waals surface area contributed by atoms with Crippen LogP contribution in [0.3, 0.4) is 0 Å². The van der Waals surface area contributed by atoms with Crippen molar-refractivity contribution in [3.63, 3.8) is 0 Å². The Hall–Kier alpha value is -0.0800. The van der Waals surface area contributed by atoms with Crippen molar-refractivity contribution in [3.8, 4) is 0 Å². The Balaban J connectivity index is 1.64. The molecule has 2 saturated heterocycles. The molecule has 2 heterocycles. The highest BCUT2D eigenvalue weighted by Crippen LogP contribution is 2.69. The van der Waals surface area contributed by atoms with E-state index in [-0.39, 0.29) is 16.6 Å². The Bertz CT molecular complexity index is 319. The maximum Gasteiger partial charge on any atom is 0.103 e. The molecule has 0 aromatic carbocycles. The van der Waals surface area contributed by atoms with Gasteiger partial charge in [-0.3, -0.25) is 0 Å². The summed E-state index contributed by atoms with van der Waals surface area (Å²) in [6.07, 6.45) is 11.6. The zero-order chi connectivity index (χ0) is 11.7. The van der Waals surface area contributed by atoms with Crippen molar-refractivity contribution in [2.24, 2.45) is 5.41 Å². The quantitative estimate of drug-likeness (QED) is 0.686. The summed E-state index contributed by atoms with van der Waals surface area (Å²) in [5.41, 5.74) is 0.574. The smallest absolute Gasteiger partial charge is 0.103 e. The Morgan fingerprint density at radius 3 is 1.71 bits per heavy atom. The van der Waals surface area contributed by atoms with Gasteiger partial charge in [-0.1, -0.05) is 39.5 Å². The van der Waals surface area contributed by atoms with Crippen LogP contribution in [0, 0.1) is 5.41 Å². The van der Waals surface area contributed by atoms with E-state index >= 15 is 0 Å². The van der Waals surface area contributed by atoms with Crippen LogP contribution in [0.5, 0.6) is 0 Å². The van der Waals surface area contributed by atoms with E-state index in [1.807, 2.05) is 0 Å². The van der Waals surface area contributed by atoms with Gasteiger partial charge in [-0.05, 0) is 25.7 Å². The lowest BCUT2D eigenvalue weighted by Gasteiger charge is -2.41. The topological polar surface area (TPSA) is 25.1 Å². The second kappa shape index (κ2) is 3.08. The third-order valence-corrected chi connectivity index (χ3v) is 6.28. The number of hydrogen-bond donors (Lipinski definition) is 0. The van der Waals surface area contributed by atoms with Crippen molar-refractivity contribution < 1.29 is 9.47 Å². The summed E-state index contributed by atoms with van der Waals surface area (Å²) in [6.45, 7) is 4.84. The molecule has 0 bridgehead atoms. The van der Waals surface area contributed by atoms with Gasteiger partial charge in [0.05, 0.1) is 12.2 Å². The van der Waals surface area contributed by atoms with Crippen molar-refractivity contribution in [2.75, 3.05) is 0 Å². The number of epoxide rings is 2. The molecule has 0 aromatic heterocycles. The van der Waals surface area contributed by atoms with Gasteiger partial charge in [-0.15, -0.1) is 0 Å². The zero-order valence-electron chi connectivity index (χ0n) is 11.1. The summed E-state index contributed by atoms with van der Waals surface area (Å²) in [6, 6.07) is 0. The molecule has 0 N–H and O–H groups in total. The van der Waals surface area contributed by atoms with Gasteiger partial charge in [0, 0.05) is 5.41 Å². The largest absolute Gasteiger partial charge is 0.365 e. The lowest BCUT2D eigenvalue weighted by Crippen LogP contribution is -2.50. The standard InChI is InChI=1S/C15H24O2/c1-13(2,14-9-5-3-7-11(14)16-14)15-10-6-4-8-12(15)17-15/h11-12H,3-10H2,1-2H3. The van der Waals surface area contributed by atoms with E-state index in [2.05, 4.69) is 13.8 Å². The molecule has 4 atom stereocenters. The van der Waals surface area contributed by atoms with Crippen LogP contribution in [0.4, 0.5) is 0 Å². The summed E-state index contributed by atoms with van der Waals surface area (Å²) in [4.78, 5) is 0. The molecule has 2 aliphatic carbocycles. The van der Waals surface area contributed by atoms with E-state index in [1.165, 1.54) is 51.4 Å². The van der Waals surface area contributed by atoms with Crippen molar-refractivity contribution >= 4 is 0 Å². The molecule has 2 saturated carbocycles. The number of ether oxygens (including phenoxy) is 2. The lowest BCUT2D eigenvalue weighted by atomic mass is 9.60. The highest BCUT2D eigenvalue weighted by Gasteiger charge is 2.77. The molecule has 4 rings (SSSR count). The average molecular weight is 236 g/mol. The van der Waals surface area contributed by atoms with E-state index in [4.69, 9.17) is 9.47 Å². The maximum atomic E-state index is 6.20. The second-order valence-corrected chi connectivity index (χ2v) is 7.11. The van der Waals surface area contributed by atoms with Gasteiger partial charge in [0.1, 0.15) is 11.2 Å². The summed E-state index contributed by atoms with van der Waals surface area (Å²) < 4.78 is 12.4. The van der Waals surface area contributed by atoms with Gasteiger partial charge < -0.3 is 9.47 Å². The fourth-order valence-corrected chi connectivity index (χ4v) is 4.98. The summed E-state index contributed by atoms with van der Waals surface area (Å²) in [5, 5.41) is 0. The van der Waals surface area contributed by atoms with Crippen LogP contribution < -0.4 is 0 Å². The van der Waals surface area contributed by atoms with Crippen LogP contribution in [0.15, 0.2) is 0 Å². The van der Waals surface area contributed by atoms with Crippen LogP contribution in [0.25, 0.3) is 0 Å². The lowest BCUT2D eigenvalue weighted by molar-refractivity contribution is 0.0258. The summed E-state index contributed by atoms with van der Waals surface area (Å²) >= 11 is 0. The van der Waals surface area contributed by atoms with Gasteiger partial charge in [0.25, 0.3) is 0 Å². The maximum absolute atomic E-state index is 6.20. The predicted octanol–water partition coefficient (Wildman–Crippen LogP) is 3.44. The molecule has 2 heteroatoms. The van der Waals surface area contributed by atoms with Crippen molar-refractivity contribution in [1.29, 1.82) is 0 Å². The fourth-order valence-electron chi connectivity index (χ4n) is 4.98. The molecular formula is C15H24O2. The SMILES string of the molecule is CC(C)(C12CCCCC1O2)C12CCCCC1O2. The Labute approximate surface area is 104 Å². The molecule has 0 radical (unpaired) electrons. The first-order valence-corrected chi connectivity index (χ1v) is 7.48. The predicted molar refractivity (Wildman–Crippen MR) is 65.9 cm³/mol. The number of fused-ring (bicyclic) bond motifs is 2. The first-order valence-electron chi connectivity index (χ1n) is 7.48. The fraction of sp³-hybridized carbons (Fsp3) is 1.00. The first kappa shape index (κ1) is 10.8. The van der Waals surface area contributed by atoms with Crippen LogP contribution in [0.1, 0.15) is 65.2 Å². The Morgan fingerprint density at radius 1 is 0.824 bits per heavy atom. The molecule has 4 aliphatic rings.